The zero-order chi connectivity index (χ0) is 26.5. The zero-order valence-electron chi connectivity index (χ0n) is 19.9. The van der Waals surface area contributed by atoms with Crippen molar-refractivity contribution >= 4 is 33.4 Å². The Morgan fingerprint density at radius 3 is 2.43 bits per heavy atom. The molecule has 0 aliphatic rings. The molecule has 0 aliphatic carbocycles. The lowest BCUT2D eigenvalue weighted by atomic mass is 10.1. The maximum atomic E-state index is 11.5. The summed E-state index contributed by atoms with van der Waals surface area (Å²) in [5.74, 6) is 1.23. The second-order valence-electron chi connectivity index (χ2n) is 8.23. The first kappa shape index (κ1) is 26.3. The van der Waals surface area contributed by atoms with Gasteiger partial charge in [0.15, 0.2) is 5.16 Å². The van der Waals surface area contributed by atoms with Crippen LogP contribution in [0.3, 0.4) is 0 Å². The molecule has 4 aromatic rings. The van der Waals surface area contributed by atoms with Crippen molar-refractivity contribution in [1.29, 1.82) is 0 Å². The number of benzene rings is 3. The summed E-state index contributed by atoms with van der Waals surface area (Å²) >= 11 is 4.79. The monoisotopic (exact) mass is 583 g/mol. The summed E-state index contributed by atoms with van der Waals surface area (Å²) in [6.07, 6.45) is 0. The number of nitrogens with zero attached hydrogens (tertiary/aromatic N) is 5. The van der Waals surface area contributed by atoms with Gasteiger partial charge in [0.05, 0.1) is 9.40 Å². The fourth-order valence-electron chi connectivity index (χ4n) is 3.67. The molecule has 0 saturated heterocycles. The molecule has 4 rings (SSSR count). The van der Waals surface area contributed by atoms with Gasteiger partial charge in [0.25, 0.3) is 5.69 Å². The van der Waals surface area contributed by atoms with Crippen molar-refractivity contribution in [2.45, 2.75) is 30.9 Å². The molecule has 190 valence electrons. The maximum absolute atomic E-state index is 11.5. The van der Waals surface area contributed by atoms with Crippen molar-refractivity contribution in [3.05, 3.63) is 114 Å². The number of rotatable bonds is 10. The fraction of sp³-hybridized carbons (Fsp3) is 0.200. The Hall–Kier alpha value is -3.77. The van der Waals surface area contributed by atoms with Gasteiger partial charge >= 0.3 is 0 Å². The molecule has 12 heteroatoms. The lowest BCUT2D eigenvalue weighted by Gasteiger charge is -2.16. The van der Waals surface area contributed by atoms with Gasteiger partial charge in [-0.1, -0.05) is 30.0 Å². The van der Waals surface area contributed by atoms with Crippen LogP contribution in [0.1, 0.15) is 27.8 Å². The highest BCUT2D eigenvalue weighted by molar-refractivity contribution is 9.10. The van der Waals surface area contributed by atoms with Gasteiger partial charge in [0, 0.05) is 22.7 Å². The molecule has 0 fully saturated rings. The van der Waals surface area contributed by atoms with Crippen LogP contribution in [0.15, 0.2) is 76.4 Å². The molecule has 3 aromatic carbocycles. The predicted octanol–water partition coefficient (Wildman–Crippen LogP) is 6.24. The van der Waals surface area contributed by atoms with Crippen molar-refractivity contribution in [2.24, 2.45) is 0 Å². The Morgan fingerprint density at radius 1 is 1.03 bits per heavy atom. The van der Waals surface area contributed by atoms with Gasteiger partial charge in [-0.25, -0.2) is 0 Å². The lowest BCUT2D eigenvalue weighted by molar-refractivity contribution is -0.479. The van der Waals surface area contributed by atoms with Crippen LogP contribution >= 0.6 is 27.7 Å². The quantitative estimate of drug-likeness (QED) is 0.122. The number of hydrogen-bond acceptors (Lipinski definition) is 8. The highest BCUT2D eigenvalue weighted by Gasteiger charge is 2.24. The molecule has 0 amide bonds. The number of aryl methyl sites for hydroxylation is 2. The van der Waals surface area contributed by atoms with Gasteiger partial charge < -0.3 is 4.74 Å². The number of halogens is 1. The van der Waals surface area contributed by atoms with Crippen LogP contribution in [0.25, 0.3) is 5.69 Å². The van der Waals surface area contributed by atoms with E-state index in [1.807, 2.05) is 42.7 Å². The van der Waals surface area contributed by atoms with E-state index in [0.717, 1.165) is 22.4 Å². The van der Waals surface area contributed by atoms with Crippen LogP contribution in [-0.4, -0.2) is 31.2 Å². The minimum absolute atomic E-state index is 0.0111. The molecule has 1 heterocycles. The van der Waals surface area contributed by atoms with E-state index in [9.17, 15) is 20.2 Å². The first-order chi connectivity index (χ1) is 17.7. The summed E-state index contributed by atoms with van der Waals surface area (Å²) in [5, 5.41) is 30.9. The first-order valence-corrected chi connectivity index (χ1v) is 12.8. The van der Waals surface area contributed by atoms with Crippen LogP contribution < -0.4 is 4.74 Å². The number of nitro benzene ring substituents is 1. The molecule has 1 aromatic heterocycles. The summed E-state index contributed by atoms with van der Waals surface area (Å²) in [5.41, 5.74) is 3.48. The smallest absolute Gasteiger partial charge is 0.269 e. The molecular formula is C25H22BrN5O5S. The SMILES string of the molecule is Cc1cccc(-n2c(C)nnc2S[C@H](C[N+](=O)[O-])c2ccc(OCc3ccc([N+](=O)[O-])cc3)c(Br)c2)c1. The summed E-state index contributed by atoms with van der Waals surface area (Å²) in [4.78, 5) is 21.6. The van der Waals surface area contributed by atoms with Crippen LogP contribution in [0.2, 0.25) is 0 Å². The normalized spacial score (nSPS) is 11.8. The molecule has 0 spiro atoms. The summed E-state index contributed by atoms with van der Waals surface area (Å²) in [6, 6.07) is 19.3. The Bertz CT molecular complexity index is 1440. The largest absolute Gasteiger partial charge is 0.488 e. The topological polar surface area (TPSA) is 126 Å². The van der Waals surface area contributed by atoms with E-state index >= 15 is 0 Å². The van der Waals surface area contributed by atoms with Gasteiger partial charge in [-0.3, -0.25) is 24.8 Å². The fourth-order valence-corrected chi connectivity index (χ4v) is 5.34. The van der Waals surface area contributed by atoms with E-state index < -0.39 is 10.2 Å². The molecule has 10 nitrogen and oxygen atoms in total. The number of ether oxygens (including phenoxy) is 1. The van der Waals surface area contributed by atoms with Crippen LogP contribution in [-0.2, 0) is 6.61 Å². The van der Waals surface area contributed by atoms with Gasteiger partial charge in [0.1, 0.15) is 23.4 Å². The standard InChI is InChI=1S/C25H22BrN5O5S/c1-16-4-3-5-21(12-16)30-17(2)27-28-25(30)37-24(14-29(32)33)19-8-11-23(22(26)13-19)36-15-18-6-9-20(10-7-18)31(34)35/h3-13,24H,14-15H2,1-2H3/t24-/m1/s1. The molecule has 0 aliphatic heterocycles. The van der Waals surface area contributed by atoms with Crippen LogP contribution in [0, 0.1) is 34.1 Å². The van der Waals surface area contributed by atoms with Crippen molar-refractivity contribution in [2.75, 3.05) is 6.54 Å². The Kier molecular flexibility index (Phi) is 8.19. The van der Waals surface area contributed by atoms with E-state index in [4.69, 9.17) is 4.74 Å². The molecule has 0 N–H and O–H groups in total. The Morgan fingerprint density at radius 2 is 1.78 bits per heavy atom. The highest BCUT2D eigenvalue weighted by Crippen LogP contribution is 2.39. The maximum Gasteiger partial charge on any atom is 0.269 e. The molecule has 1 atom stereocenters. The van der Waals surface area contributed by atoms with Crippen molar-refractivity contribution in [1.82, 2.24) is 14.8 Å². The van der Waals surface area contributed by atoms with E-state index in [-0.39, 0.29) is 23.8 Å². The summed E-state index contributed by atoms with van der Waals surface area (Å²) < 4.78 is 8.39. The molecule has 0 saturated carbocycles. The van der Waals surface area contributed by atoms with Crippen LogP contribution in [0.4, 0.5) is 5.69 Å². The Balaban J connectivity index is 1.54. The third kappa shape index (κ3) is 6.52. The number of hydrogen-bond donors (Lipinski definition) is 0. The molecular weight excluding hydrogens is 562 g/mol. The molecule has 37 heavy (non-hydrogen) atoms. The van der Waals surface area contributed by atoms with Crippen LogP contribution in [0.5, 0.6) is 5.75 Å². The first-order valence-electron chi connectivity index (χ1n) is 11.1. The van der Waals surface area contributed by atoms with Gasteiger partial charge in [0.2, 0.25) is 6.54 Å². The minimum Gasteiger partial charge on any atom is -0.488 e. The van der Waals surface area contributed by atoms with Gasteiger partial charge in [-0.05, 0) is 82.9 Å². The third-order valence-electron chi connectivity index (χ3n) is 5.49. The van der Waals surface area contributed by atoms with E-state index in [2.05, 4.69) is 26.1 Å². The molecule has 0 unspecified atom stereocenters. The van der Waals surface area contributed by atoms with Gasteiger partial charge in [-0.2, -0.15) is 0 Å². The van der Waals surface area contributed by atoms with E-state index in [1.165, 1.54) is 23.9 Å². The predicted molar refractivity (Wildman–Crippen MR) is 143 cm³/mol. The third-order valence-corrected chi connectivity index (χ3v) is 7.29. The second-order valence-corrected chi connectivity index (χ2v) is 10.3. The summed E-state index contributed by atoms with van der Waals surface area (Å²) in [7, 11) is 0. The number of aromatic nitrogens is 3. The second kappa shape index (κ2) is 11.5. The molecule has 0 radical (unpaired) electrons. The lowest BCUT2D eigenvalue weighted by Crippen LogP contribution is -2.11. The average Bonchev–Trinajstić information content (AvgIpc) is 3.22. The number of non-ortho nitro benzene ring substituents is 1. The Labute approximate surface area is 225 Å². The van der Waals surface area contributed by atoms with E-state index in [1.54, 1.807) is 30.3 Å². The van der Waals surface area contributed by atoms with Crippen molar-refractivity contribution < 1.29 is 14.6 Å². The zero-order valence-corrected chi connectivity index (χ0v) is 22.3. The van der Waals surface area contributed by atoms with Crippen molar-refractivity contribution in [3.63, 3.8) is 0 Å². The minimum atomic E-state index is -0.526. The van der Waals surface area contributed by atoms with Crippen molar-refractivity contribution in [3.8, 4) is 11.4 Å². The van der Waals surface area contributed by atoms with E-state index in [0.29, 0.717) is 21.2 Å². The number of thioether (sulfide) groups is 1. The molecule has 0 bridgehead atoms. The number of nitro groups is 2. The summed E-state index contributed by atoms with van der Waals surface area (Å²) in [6.45, 7) is 3.74. The van der Waals surface area contributed by atoms with Gasteiger partial charge in [-0.15, -0.1) is 10.2 Å². The highest BCUT2D eigenvalue weighted by atomic mass is 79.9. The average molecular weight is 584 g/mol.